The summed E-state index contributed by atoms with van der Waals surface area (Å²) in [6.45, 7) is 1.72. The molecule has 88 valence electrons. The number of nitrogens with one attached hydrogen (secondary N) is 1. The summed E-state index contributed by atoms with van der Waals surface area (Å²) in [4.78, 5) is 0. The third-order valence-electron chi connectivity index (χ3n) is 4.04. The SMILES string of the molecule is COC1(CC(NN)C2CCOC2)CCC1. The van der Waals surface area contributed by atoms with E-state index in [1.54, 1.807) is 0 Å². The second-order valence-corrected chi connectivity index (χ2v) is 4.84. The smallest absolute Gasteiger partial charge is 0.0694 e. The summed E-state index contributed by atoms with van der Waals surface area (Å²) in [6, 6.07) is 0.341. The van der Waals surface area contributed by atoms with Crippen molar-refractivity contribution in [2.75, 3.05) is 20.3 Å². The Morgan fingerprint density at radius 1 is 1.60 bits per heavy atom. The zero-order valence-corrected chi connectivity index (χ0v) is 9.50. The first-order valence-corrected chi connectivity index (χ1v) is 5.89. The minimum Gasteiger partial charge on any atom is -0.381 e. The second kappa shape index (κ2) is 4.78. The number of hydrogen-bond donors (Lipinski definition) is 2. The normalized spacial score (nSPS) is 31.2. The van der Waals surface area contributed by atoms with Crippen LogP contribution in [0.15, 0.2) is 0 Å². The molecule has 0 aromatic rings. The van der Waals surface area contributed by atoms with Gasteiger partial charge in [0, 0.05) is 25.7 Å². The van der Waals surface area contributed by atoms with Crippen LogP contribution in [0.3, 0.4) is 0 Å². The number of hydrogen-bond acceptors (Lipinski definition) is 4. The average molecular weight is 214 g/mol. The van der Waals surface area contributed by atoms with Gasteiger partial charge in [0.05, 0.1) is 12.2 Å². The van der Waals surface area contributed by atoms with E-state index < -0.39 is 0 Å². The summed E-state index contributed by atoms with van der Waals surface area (Å²) in [5, 5.41) is 0. The predicted octanol–water partition coefficient (Wildman–Crippen LogP) is 0.814. The van der Waals surface area contributed by atoms with Crippen LogP contribution in [-0.2, 0) is 9.47 Å². The van der Waals surface area contributed by atoms with E-state index in [0.717, 1.165) is 26.1 Å². The molecule has 2 fully saturated rings. The van der Waals surface area contributed by atoms with Crippen LogP contribution in [0.4, 0.5) is 0 Å². The Morgan fingerprint density at radius 2 is 2.40 bits per heavy atom. The number of rotatable bonds is 5. The summed E-state index contributed by atoms with van der Waals surface area (Å²) < 4.78 is 11.0. The fourth-order valence-corrected chi connectivity index (χ4v) is 2.70. The highest BCUT2D eigenvalue weighted by Crippen LogP contribution is 2.40. The molecule has 0 radical (unpaired) electrons. The van der Waals surface area contributed by atoms with E-state index in [0.29, 0.717) is 12.0 Å². The van der Waals surface area contributed by atoms with Gasteiger partial charge in [-0.3, -0.25) is 11.3 Å². The summed E-state index contributed by atoms with van der Waals surface area (Å²) in [7, 11) is 1.82. The first kappa shape index (κ1) is 11.3. The molecule has 3 N–H and O–H groups in total. The van der Waals surface area contributed by atoms with Gasteiger partial charge < -0.3 is 9.47 Å². The van der Waals surface area contributed by atoms with E-state index in [9.17, 15) is 0 Å². The molecule has 2 rings (SSSR count). The molecule has 2 atom stereocenters. The first-order valence-electron chi connectivity index (χ1n) is 5.89. The molecular weight excluding hydrogens is 192 g/mol. The van der Waals surface area contributed by atoms with Gasteiger partial charge in [-0.15, -0.1) is 0 Å². The van der Waals surface area contributed by atoms with Crippen LogP contribution in [0, 0.1) is 5.92 Å². The summed E-state index contributed by atoms with van der Waals surface area (Å²) in [5.74, 6) is 6.19. The van der Waals surface area contributed by atoms with Gasteiger partial charge in [-0.05, 0) is 32.1 Å². The van der Waals surface area contributed by atoms with Crippen LogP contribution in [0.5, 0.6) is 0 Å². The standard InChI is InChI=1S/C11H22N2O2/c1-14-11(4-2-5-11)7-10(13-12)9-3-6-15-8-9/h9-10,13H,2-8,12H2,1H3. The van der Waals surface area contributed by atoms with E-state index in [1.807, 2.05) is 7.11 Å². The van der Waals surface area contributed by atoms with E-state index >= 15 is 0 Å². The first-order chi connectivity index (χ1) is 7.29. The monoisotopic (exact) mass is 214 g/mol. The molecule has 0 bridgehead atoms. The van der Waals surface area contributed by atoms with Gasteiger partial charge in [0.25, 0.3) is 0 Å². The molecular formula is C11H22N2O2. The third kappa shape index (κ3) is 2.33. The predicted molar refractivity (Wildman–Crippen MR) is 58.2 cm³/mol. The van der Waals surface area contributed by atoms with Crippen molar-refractivity contribution in [3.05, 3.63) is 0 Å². The molecule has 0 amide bonds. The van der Waals surface area contributed by atoms with Gasteiger partial charge >= 0.3 is 0 Å². The molecule has 1 heterocycles. The highest BCUT2D eigenvalue weighted by atomic mass is 16.5. The van der Waals surface area contributed by atoms with Crippen LogP contribution in [0.1, 0.15) is 32.1 Å². The van der Waals surface area contributed by atoms with Crippen molar-refractivity contribution in [1.29, 1.82) is 0 Å². The molecule has 4 heteroatoms. The maximum absolute atomic E-state index is 5.63. The van der Waals surface area contributed by atoms with Crippen LogP contribution >= 0.6 is 0 Å². The minimum absolute atomic E-state index is 0.0969. The Hall–Kier alpha value is -0.160. The maximum Gasteiger partial charge on any atom is 0.0694 e. The van der Waals surface area contributed by atoms with Crippen LogP contribution in [-0.4, -0.2) is 32.0 Å². The Balaban J connectivity index is 1.89. The van der Waals surface area contributed by atoms with E-state index in [4.69, 9.17) is 15.3 Å². The van der Waals surface area contributed by atoms with E-state index in [2.05, 4.69) is 5.43 Å². The maximum atomic E-state index is 5.63. The molecule has 1 saturated heterocycles. The molecule has 0 spiro atoms. The number of nitrogens with two attached hydrogens (primary N) is 1. The molecule has 1 aliphatic carbocycles. The molecule has 2 unspecified atom stereocenters. The van der Waals surface area contributed by atoms with Crippen molar-refractivity contribution in [2.45, 2.75) is 43.7 Å². The second-order valence-electron chi connectivity index (χ2n) is 4.84. The zero-order valence-electron chi connectivity index (χ0n) is 9.50. The molecule has 2 aliphatic rings. The van der Waals surface area contributed by atoms with Gasteiger partial charge in [0.15, 0.2) is 0 Å². The van der Waals surface area contributed by atoms with Crippen molar-refractivity contribution >= 4 is 0 Å². The molecule has 15 heavy (non-hydrogen) atoms. The van der Waals surface area contributed by atoms with Crippen LogP contribution in [0.2, 0.25) is 0 Å². The number of ether oxygens (including phenoxy) is 2. The fourth-order valence-electron chi connectivity index (χ4n) is 2.70. The fraction of sp³-hybridized carbons (Fsp3) is 1.00. The van der Waals surface area contributed by atoms with Gasteiger partial charge in [-0.1, -0.05) is 0 Å². The summed E-state index contributed by atoms with van der Waals surface area (Å²) >= 11 is 0. The lowest BCUT2D eigenvalue weighted by atomic mass is 9.74. The van der Waals surface area contributed by atoms with Crippen molar-refractivity contribution in [3.63, 3.8) is 0 Å². The Bertz CT molecular complexity index is 195. The molecule has 4 nitrogen and oxygen atoms in total. The minimum atomic E-state index is 0.0969. The Morgan fingerprint density at radius 3 is 2.80 bits per heavy atom. The quantitative estimate of drug-likeness (QED) is 0.525. The van der Waals surface area contributed by atoms with Gasteiger partial charge in [-0.2, -0.15) is 0 Å². The highest BCUT2D eigenvalue weighted by Gasteiger charge is 2.41. The van der Waals surface area contributed by atoms with Crippen LogP contribution < -0.4 is 11.3 Å². The molecule has 0 aromatic heterocycles. The zero-order chi connectivity index (χ0) is 10.7. The molecule has 1 aliphatic heterocycles. The summed E-state index contributed by atoms with van der Waals surface area (Å²) in [5.41, 5.74) is 3.04. The lowest BCUT2D eigenvalue weighted by Crippen LogP contribution is -2.50. The number of hydrazine groups is 1. The van der Waals surface area contributed by atoms with E-state index in [-0.39, 0.29) is 5.60 Å². The van der Waals surface area contributed by atoms with Crippen molar-refractivity contribution in [1.82, 2.24) is 5.43 Å². The van der Waals surface area contributed by atoms with Gasteiger partial charge in [-0.25, -0.2) is 0 Å². The van der Waals surface area contributed by atoms with E-state index in [1.165, 1.54) is 19.3 Å². The van der Waals surface area contributed by atoms with Crippen molar-refractivity contribution in [3.8, 4) is 0 Å². The van der Waals surface area contributed by atoms with Crippen molar-refractivity contribution < 1.29 is 9.47 Å². The Labute approximate surface area is 91.5 Å². The number of methoxy groups -OCH3 is 1. The lowest BCUT2D eigenvalue weighted by Gasteiger charge is -2.43. The average Bonchev–Trinajstić information content (AvgIpc) is 2.71. The third-order valence-corrected chi connectivity index (χ3v) is 4.04. The van der Waals surface area contributed by atoms with Crippen molar-refractivity contribution in [2.24, 2.45) is 11.8 Å². The lowest BCUT2D eigenvalue weighted by molar-refractivity contribution is -0.0870. The Kier molecular flexibility index (Phi) is 3.61. The van der Waals surface area contributed by atoms with Crippen LogP contribution in [0.25, 0.3) is 0 Å². The van der Waals surface area contributed by atoms with Gasteiger partial charge in [0.1, 0.15) is 0 Å². The topological polar surface area (TPSA) is 56.5 Å². The largest absolute Gasteiger partial charge is 0.381 e. The van der Waals surface area contributed by atoms with Gasteiger partial charge in [0.2, 0.25) is 0 Å². The molecule has 0 aromatic carbocycles. The molecule has 1 saturated carbocycles. The summed E-state index contributed by atoms with van der Waals surface area (Å²) in [6.07, 6.45) is 5.78. The highest BCUT2D eigenvalue weighted by molar-refractivity contribution is 4.94.